The third-order valence-electron chi connectivity index (χ3n) is 7.72. The summed E-state index contributed by atoms with van der Waals surface area (Å²) in [4.78, 5) is 14.0. The van der Waals surface area contributed by atoms with Gasteiger partial charge in [0.2, 0.25) is 15.9 Å². The Morgan fingerprint density at radius 2 is 1.49 bits per heavy atom. The van der Waals surface area contributed by atoms with Crippen molar-refractivity contribution in [3.8, 4) is 0 Å². The van der Waals surface area contributed by atoms with Crippen molar-refractivity contribution in [1.82, 2.24) is 4.31 Å². The molecule has 6 rings (SSSR count). The number of nitrogens with one attached hydrogen (secondary N) is 1. The van der Waals surface area contributed by atoms with E-state index in [-0.39, 0.29) is 17.3 Å². The lowest BCUT2D eigenvalue weighted by atomic mass is 9.94. The Morgan fingerprint density at radius 3 is 2.14 bits per heavy atom. The van der Waals surface area contributed by atoms with E-state index in [1.165, 1.54) is 38.7 Å². The first kappa shape index (κ1) is 22.3. The second-order valence-electron chi connectivity index (χ2n) is 9.83. The number of rotatable bonds is 4. The number of carbonyl (C=O) groups is 1. The fraction of sp³-hybridized carbons (Fsp3) is 0.321. The summed E-state index contributed by atoms with van der Waals surface area (Å²) >= 11 is 0. The maximum Gasteiger partial charge on any atom is 0.244 e. The molecule has 1 heterocycles. The Hall–Kier alpha value is -3.16. The largest absolute Gasteiger partial charge is 0.399 e. The zero-order chi connectivity index (χ0) is 24.2. The van der Waals surface area contributed by atoms with Crippen LogP contribution in [0.15, 0.2) is 59.5 Å². The van der Waals surface area contributed by atoms with Gasteiger partial charge < -0.3 is 11.1 Å². The number of nitrogen functional groups attached to an aromatic ring is 1. The summed E-state index contributed by atoms with van der Waals surface area (Å²) in [6.07, 6.45) is 6.52. The average Bonchev–Trinajstić information content (AvgIpc) is 3.53. The van der Waals surface area contributed by atoms with E-state index >= 15 is 0 Å². The molecule has 3 aromatic carbocycles. The van der Waals surface area contributed by atoms with E-state index in [1.807, 2.05) is 24.3 Å². The zero-order valence-corrected chi connectivity index (χ0v) is 20.4. The molecule has 3 aliphatic rings. The van der Waals surface area contributed by atoms with Crippen molar-refractivity contribution in [2.45, 2.75) is 62.4 Å². The molecular weight excluding hydrogens is 458 g/mol. The van der Waals surface area contributed by atoms with Crippen LogP contribution in [0, 0.1) is 0 Å². The van der Waals surface area contributed by atoms with Gasteiger partial charge in [0.05, 0.1) is 4.90 Å². The molecule has 7 heteroatoms. The van der Waals surface area contributed by atoms with E-state index in [2.05, 4.69) is 11.4 Å². The van der Waals surface area contributed by atoms with E-state index in [4.69, 9.17) is 5.73 Å². The molecule has 3 N–H and O–H groups in total. The molecule has 6 nitrogen and oxygen atoms in total. The summed E-state index contributed by atoms with van der Waals surface area (Å²) in [5.41, 5.74) is 14.3. The van der Waals surface area contributed by atoms with Crippen LogP contribution in [0.1, 0.15) is 46.2 Å². The van der Waals surface area contributed by atoms with Gasteiger partial charge in [-0.25, -0.2) is 8.42 Å². The number of hydrogen-bond donors (Lipinski definition) is 2. The van der Waals surface area contributed by atoms with Crippen molar-refractivity contribution >= 4 is 27.3 Å². The SMILES string of the molecule is Nc1ccc(S(=O)(=O)N2Cc3ccccc3C[C@H]2C(=O)Nc2c3c(cc4c2CCC4)CCC3)cc1. The molecule has 0 aromatic heterocycles. The second-order valence-corrected chi connectivity index (χ2v) is 11.7. The number of hydrogen-bond acceptors (Lipinski definition) is 4. The topological polar surface area (TPSA) is 92.5 Å². The summed E-state index contributed by atoms with van der Waals surface area (Å²) < 4.78 is 28.9. The average molecular weight is 488 g/mol. The van der Waals surface area contributed by atoms with Gasteiger partial charge in [0, 0.05) is 17.9 Å². The highest BCUT2D eigenvalue weighted by molar-refractivity contribution is 7.89. The highest BCUT2D eigenvalue weighted by Gasteiger charge is 2.40. The fourth-order valence-electron chi connectivity index (χ4n) is 5.92. The predicted molar refractivity (Wildman–Crippen MR) is 137 cm³/mol. The minimum atomic E-state index is -3.91. The lowest BCUT2D eigenvalue weighted by Gasteiger charge is -2.35. The first-order chi connectivity index (χ1) is 16.9. The number of nitrogens with two attached hydrogens (primary N) is 1. The van der Waals surface area contributed by atoms with E-state index in [0.29, 0.717) is 12.1 Å². The first-order valence-electron chi connectivity index (χ1n) is 12.3. The van der Waals surface area contributed by atoms with Crippen LogP contribution in [0.5, 0.6) is 0 Å². The van der Waals surface area contributed by atoms with Crippen molar-refractivity contribution in [1.29, 1.82) is 0 Å². The highest BCUT2D eigenvalue weighted by atomic mass is 32.2. The molecule has 0 spiro atoms. The number of aryl methyl sites for hydroxylation is 2. The number of sulfonamides is 1. The van der Waals surface area contributed by atoms with Gasteiger partial charge in [-0.2, -0.15) is 4.31 Å². The molecule has 35 heavy (non-hydrogen) atoms. The van der Waals surface area contributed by atoms with E-state index in [1.54, 1.807) is 12.1 Å². The van der Waals surface area contributed by atoms with Crippen molar-refractivity contribution in [3.63, 3.8) is 0 Å². The fourth-order valence-corrected chi connectivity index (χ4v) is 7.49. The summed E-state index contributed by atoms with van der Waals surface area (Å²) in [7, 11) is -3.91. The van der Waals surface area contributed by atoms with Gasteiger partial charge in [-0.05, 0) is 103 Å². The number of benzene rings is 3. The Labute approximate surface area is 206 Å². The van der Waals surface area contributed by atoms with Crippen LogP contribution in [0.2, 0.25) is 0 Å². The van der Waals surface area contributed by atoms with Gasteiger partial charge in [0.15, 0.2) is 0 Å². The lowest BCUT2D eigenvalue weighted by molar-refractivity contribution is -0.120. The van der Waals surface area contributed by atoms with Crippen molar-refractivity contribution < 1.29 is 13.2 Å². The first-order valence-corrected chi connectivity index (χ1v) is 13.8. The number of nitrogens with zero attached hydrogens (tertiary/aromatic N) is 1. The van der Waals surface area contributed by atoms with Gasteiger partial charge in [0.25, 0.3) is 0 Å². The number of amides is 1. The predicted octanol–water partition coefficient (Wildman–Crippen LogP) is 4.00. The summed E-state index contributed by atoms with van der Waals surface area (Å²) in [6.45, 7) is 0.159. The maximum atomic E-state index is 13.9. The van der Waals surface area contributed by atoms with Crippen LogP contribution in [-0.4, -0.2) is 24.7 Å². The van der Waals surface area contributed by atoms with E-state index < -0.39 is 16.1 Å². The second kappa shape index (κ2) is 8.50. The molecule has 0 unspecified atom stereocenters. The molecule has 2 aliphatic carbocycles. The van der Waals surface area contributed by atoms with Crippen LogP contribution in [-0.2, 0) is 53.5 Å². The monoisotopic (exact) mass is 487 g/mol. The molecule has 0 saturated heterocycles. The Morgan fingerprint density at radius 1 is 0.857 bits per heavy atom. The number of fused-ring (bicyclic) bond motifs is 3. The molecule has 3 aromatic rings. The third-order valence-corrected chi connectivity index (χ3v) is 9.58. The maximum absolute atomic E-state index is 13.9. The number of anilines is 2. The molecule has 1 atom stereocenters. The van der Waals surface area contributed by atoms with Crippen LogP contribution < -0.4 is 11.1 Å². The molecule has 1 amide bonds. The molecule has 0 fully saturated rings. The standard InChI is InChI=1S/C28H29N3O3S/c29-22-11-13-23(14-12-22)35(33,34)31-17-21-6-2-1-5-18(21)16-26(31)28(32)30-27-24-9-3-7-19(24)15-20-8-4-10-25(20)27/h1-2,5-6,11-15,26H,3-4,7-10,16-17,29H2,(H,30,32)/t26-/m0/s1. The van der Waals surface area contributed by atoms with Gasteiger partial charge in [-0.1, -0.05) is 30.3 Å². The minimum Gasteiger partial charge on any atom is -0.399 e. The van der Waals surface area contributed by atoms with Crippen LogP contribution in [0.3, 0.4) is 0 Å². The highest BCUT2D eigenvalue weighted by Crippen LogP contribution is 2.39. The zero-order valence-electron chi connectivity index (χ0n) is 19.6. The molecular formula is C28H29N3O3S. The van der Waals surface area contributed by atoms with Crippen LogP contribution in [0.25, 0.3) is 0 Å². The van der Waals surface area contributed by atoms with Crippen molar-refractivity contribution in [2.75, 3.05) is 11.1 Å². The summed E-state index contributed by atoms with van der Waals surface area (Å²) in [5, 5.41) is 3.24. The summed E-state index contributed by atoms with van der Waals surface area (Å²) in [5.74, 6) is -0.257. The van der Waals surface area contributed by atoms with E-state index in [0.717, 1.165) is 55.3 Å². The molecule has 180 valence electrons. The Kier molecular flexibility index (Phi) is 5.42. The molecule has 1 aliphatic heterocycles. The molecule has 0 bridgehead atoms. The minimum absolute atomic E-state index is 0.144. The van der Waals surface area contributed by atoms with Crippen LogP contribution in [0.4, 0.5) is 11.4 Å². The smallest absolute Gasteiger partial charge is 0.244 e. The number of carbonyl (C=O) groups excluding carboxylic acids is 1. The lowest BCUT2D eigenvalue weighted by Crippen LogP contribution is -2.50. The van der Waals surface area contributed by atoms with Crippen LogP contribution >= 0.6 is 0 Å². The Balaban J connectivity index is 1.39. The normalized spacial score (nSPS) is 19.1. The molecule has 0 radical (unpaired) electrons. The van der Waals surface area contributed by atoms with Gasteiger partial charge in [-0.3, -0.25) is 4.79 Å². The molecule has 0 saturated carbocycles. The van der Waals surface area contributed by atoms with Crippen molar-refractivity contribution in [2.24, 2.45) is 0 Å². The quantitative estimate of drug-likeness (QED) is 0.544. The third kappa shape index (κ3) is 3.83. The van der Waals surface area contributed by atoms with Gasteiger partial charge >= 0.3 is 0 Å². The van der Waals surface area contributed by atoms with E-state index in [9.17, 15) is 13.2 Å². The Bertz CT molecular complexity index is 1400. The van der Waals surface area contributed by atoms with Crippen molar-refractivity contribution in [3.05, 3.63) is 88.0 Å². The van der Waals surface area contributed by atoms with Gasteiger partial charge in [-0.15, -0.1) is 0 Å². The summed E-state index contributed by atoms with van der Waals surface area (Å²) in [6, 6.07) is 15.4. The van der Waals surface area contributed by atoms with Gasteiger partial charge in [0.1, 0.15) is 6.04 Å².